The molecule has 31 heavy (non-hydrogen) atoms. The number of anilines is 2. The average Bonchev–Trinajstić information content (AvgIpc) is 3.27. The Labute approximate surface area is 176 Å². The number of rotatable bonds is 5. The van der Waals surface area contributed by atoms with Gasteiger partial charge in [-0.15, -0.1) is 8.78 Å². The molecule has 164 valence electrons. The normalized spacial score (nSPS) is 16.0. The molecular formula is C19H17F2N3O6S. The molecule has 9 nitrogen and oxygen atoms in total. The van der Waals surface area contributed by atoms with Crippen LogP contribution < -0.4 is 24.4 Å². The Morgan fingerprint density at radius 2 is 1.81 bits per heavy atom. The van der Waals surface area contributed by atoms with E-state index in [1.54, 1.807) is 12.1 Å². The highest BCUT2D eigenvalue weighted by Crippen LogP contribution is 2.42. The first-order valence-electron chi connectivity index (χ1n) is 9.22. The highest BCUT2D eigenvalue weighted by Gasteiger charge is 2.43. The van der Waals surface area contributed by atoms with Gasteiger partial charge in [0, 0.05) is 24.8 Å². The molecule has 0 bridgehead atoms. The van der Waals surface area contributed by atoms with Gasteiger partial charge in [-0.25, -0.2) is 8.42 Å². The molecule has 0 unspecified atom stereocenters. The molecule has 2 heterocycles. The van der Waals surface area contributed by atoms with Crippen LogP contribution >= 0.6 is 0 Å². The molecule has 2 amide bonds. The van der Waals surface area contributed by atoms with Crippen LogP contribution in [0.15, 0.2) is 42.5 Å². The fraction of sp³-hybridized carbons (Fsp3) is 0.263. The van der Waals surface area contributed by atoms with E-state index in [1.807, 2.05) is 12.1 Å². The molecule has 4 rings (SSSR count). The number of benzene rings is 2. The quantitative estimate of drug-likeness (QED) is 0.663. The fourth-order valence-corrected chi connectivity index (χ4v) is 4.72. The van der Waals surface area contributed by atoms with Crippen LogP contribution in [0, 0.1) is 0 Å². The summed E-state index contributed by atoms with van der Waals surface area (Å²) < 4.78 is 61.1. The molecule has 2 aliphatic heterocycles. The van der Waals surface area contributed by atoms with Gasteiger partial charge in [0.2, 0.25) is 10.0 Å². The van der Waals surface area contributed by atoms with Crippen molar-refractivity contribution in [2.45, 2.75) is 12.7 Å². The van der Waals surface area contributed by atoms with Gasteiger partial charge in [0.15, 0.2) is 11.5 Å². The van der Waals surface area contributed by atoms with Crippen LogP contribution in [0.3, 0.4) is 0 Å². The Balaban J connectivity index is 1.30. The van der Waals surface area contributed by atoms with Crippen LogP contribution in [0.1, 0.15) is 5.56 Å². The van der Waals surface area contributed by atoms with Gasteiger partial charge < -0.3 is 20.1 Å². The van der Waals surface area contributed by atoms with Crippen LogP contribution in [0.5, 0.6) is 11.5 Å². The van der Waals surface area contributed by atoms with Crippen molar-refractivity contribution in [1.82, 2.24) is 5.32 Å². The number of nitrogens with one attached hydrogen (secondary N) is 2. The lowest BCUT2D eigenvalue weighted by Gasteiger charge is -2.19. The zero-order chi connectivity index (χ0) is 22.2. The lowest BCUT2D eigenvalue weighted by atomic mass is 10.2. The maximum atomic E-state index is 13.0. The van der Waals surface area contributed by atoms with Crippen LogP contribution in [0.25, 0.3) is 0 Å². The van der Waals surface area contributed by atoms with E-state index >= 15 is 0 Å². The topological polar surface area (TPSA) is 114 Å². The van der Waals surface area contributed by atoms with Gasteiger partial charge in [-0.1, -0.05) is 18.2 Å². The summed E-state index contributed by atoms with van der Waals surface area (Å²) >= 11 is 0. The molecule has 2 aliphatic rings. The summed E-state index contributed by atoms with van der Waals surface area (Å²) in [6.07, 6.45) is -3.20. The van der Waals surface area contributed by atoms with Crippen LogP contribution in [-0.2, 0) is 26.0 Å². The zero-order valence-corrected chi connectivity index (χ0v) is 16.7. The first kappa shape index (κ1) is 20.8. The smallest absolute Gasteiger partial charge is 0.395 e. The molecule has 2 N–H and O–H groups in total. The molecular weight excluding hydrogens is 436 g/mol. The van der Waals surface area contributed by atoms with Crippen molar-refractivity contribution >= 4 is 33.2 Å². The molecule has 0 aliphatic carbocycles. The SMILES string of the molecule is O=C(NCCS(=O)(=O)N1CCc2ccccc21)C(=O)Nc1ccc2c(c1)OC(F)(F)O2. The molecule has 0 saturated carbocycles. The van der Waals surface area contributed by atoms with Crippen LogP contribution in [0.4, 0.5) is 20.2 Å². The van der Waals surface area contributed by atoms with Crippen molar-refractivity contribution < 1.29 is 36.3 Å². The van der Waals surface area contributed by atoms with E-state index < -0.39 is 28.1 Å². The molecule has 2 aromatic carbocycles. The number of amides is 2. The highest BCUT2D eigenvalue weighted by molar-refractivity contribution is 7.92. The predicted molar refractivity (Wildman–Crippen MR) is 106 cm³/mol. The summed E-state index contributed by atoms with van der Waals surface area (Å²) in [6.45, 7) is 0.0416. The Hall–Kier alpha value is -3.41. The van der Waals surface area contributed by atoms with E-state index in [2.05, 4.69) is 20.1 Å². The number of carbonyl (C=O) groups excluding carboxylic acids is 2. The maximum Gasteiger partial charge on any atom is 0.586 e. The van der Waals surface area contributed by atoms with Crippen molar-refractivity contribution in [2.24, 2.45) is 0 Å². The first-order valence-corrected chi connectivity index (χ1v) is 10.8. The molecule has 0 spiro atoms. The van der Waals surface area contributed by atoms with E-state index in [-0.39, 0.29) is 29.5 Å². The van der Waals surface area contributed by atoms with E-state index in [0.29, 0.717) is 18.7 Å². The van der Waals surface area contributed by atoms with E-state index in [0.717, 1.165) is 17.7 Å². The minimum atomic E-state index is -3.80. The van der Waals surface area contributed by atoms with Crippen molar-refractivity contribution in [3.05, 3.63) is 48.0 Å². The lowest BCUT2D eigenvalue weighted by Crippen LogP contribution is -2.40. The van der Waals surface area contributed by atoms with Gasteiger partial charge in [0.1, 0.15) is 0 Å². The number of fused-ring (bicyclic) bond motifs is 2. The Morgan fingerprint density at radius 3 is 2.61 bits per heavy atom. The summed E-state index contributed by atoms with van der Waals surface area (Å²) in [5, 5.41) is 4.46. The fourth-order valence-electron chi connectivity index (χ4n) is 3.30. The minimum Gasteiger partial charge on any atom is -0.395 e. The third-order valence-electron chi connectivity index (χ3n) is 4.69. The summed E-state index contributed by atoms with van der Waals surface area (Å²) in [7, 11) is -3.69. The van der Waals surface area contributed by atoms with Gasteiger partial charge in [-0.3, -0.25) is 13.9 Å². The number of ether oxygens (including phenoxy) is 2. The number of para-hydroxylation sites is 1. The summed E-state index contributed by atoms with van der Waals surface area (Å²) in [6, 6.07) is 10.6. The standard InChI is InChI=1S/C19H17F2N3O6S/c20-19(21)29-15-6-5-13(11-16(15)30-19)23-18(26)17(25)22-8-10-31(27,28)24-9-7-12-3-1-2-4-14(12)24/h1-6,11H,7-10H2,(H,22,25)(H,23,26). The van der Waals surface area contributed by atoms with Crippen molar-refractivity contribution in [1.29, 1.82) is 0 Å². The minimum absolute atomic E-state index is 0.0292. The molecule has 12 heteroatoms. The van der Waals surface area contributed by atoms with Crippen LogP contribution in [-0.4, -0.2) is 45.4 Å². The molecule has 0 saturated heterocycles. The van der Waals surface area contributed by atoms with E-state index in [4.69, 9.17) is 0 Å². The van der Waals surface area contributed by atoms with Gasteiger partial charge in [0.05, 0.1) is 11.4 Å². The number of hydrogen-bond donors (Lipinski definition) is 2. The maximum absolute atomic E-state index is 13.0. The number of nitrogens with zero attached hydrogens (tertiary/aromatic N) is 1. The second kappa shape index (κ2) is 7.69. The second-order valence-corrected chi connectivity index (χ2v) is 8.82. The van der Waals surface area contributed by atoms with Crippen molar-refractivity contribution in [2.75, 3.05) is 28.5 Å². The van der Waals surface area contributed by atoms with Crippen molar-refractivity contribution in [3.63, 3.8) is 0 Å². The zero-order valence-electron chi connectivity index (χ0n) is 15.9. The van der Waals surface area contributed by atoms with E-state index in [1.165, 1.54) is 10.4 Å². The molecule has 2 aromatic rings. The summed E-state index contributed by atoms with van der Waals surface area (Å²) in [5.74, 6) is -3.05. The molecule has 0 atom stereocenters. The molecule has 0 aromatic heterocycles. The lowest BCUT2D eigenvalue weighted by molar-refractivity contribution is -0.286. The van der Waals surface area contributed by atoms with Gasteiger partial charge >= 0.3 is 18.1 Å². The summed E-state index contributed by atoms with van der Waals surface area (Å²) in [5.41, 5.74) is 1.57. The number of alkyl halides is 2. The van der Waals surface area contributed by atoms with Gasteiger partial charge in [-0.05, 0) is 30.2 Å². The second-order valence-electron chi connectivity index (χ2n) is 6.81. The Bertz CT molecular complexity index is 1160. The number of carbonyl (C=O) groups is 2. The number of sulfonamides is 1. The van der Waals surface area contributed by atoms with E-state index in [9.17, 15) is 26.8 Å². The van der Waals surface area contributed by atoms with Crippen LogP contribution in [0.2, 0.25) is 0 Å². The molecule has 0 fully saturated rings. The number of hydrogen-bond acceptors (Lipinski definition) is 6. The van der Waals surface area contributed by atoms with Gasteiger partial charge in [-0.2, -0.15) is 0 Å². The monoisotopic (exact) mass is 453 g/mol. The van der Waals surface area contributed by atoms with Gasteiger partial charge in [0.25, 0.3) is 0 Å². The highest BCUT2D eigenvalue weighted by atomic mass is 32.2. The summed E-state index contributed by atoms with van der Waals surface area (Å²) in [4.78, 5) is 24.0. The Kier molecular flexibility index (Phi) is 5.17. The predicted octanol–water partition coefficient (Wildman–Crippen LogP) is 1.46. The average molecular weight is 453 g/mol. The number of halogens is 2. The third kappa shape index (κ3) is 4.38. The Morgan fingerprint density at radius 1 is 1.06 bits per heavy atom. The molecule has 0 radical (unpaired) electrons. The first-order chi connectivity index (χ1) is 14.6. The third-order valence-corrected chi connectivity index (χ3v) is 6.46. The van der Waals surface area contributed by atoms with Crippen molar-refractivity contribution in [3.8, 4) is 11.5 Å². The largest absolute Gasteiger partial charge is 0.586 e.